The van der Waals surface area contributed by atoms with Crippen LogP contribution in [0.3, 0.4) is 0 Å². The molecule has 0 radical (unpaired) electrons. The lowest BCUT2D eigenvalue weighted by Gasteiger charge is -2.66. The molecule has 0 amide bonds. The Balaban J connectivity index is 1.54. The zero-order valence-electron chi connectivity index (χ0n) is 24.6. The molecule has 0 bridgehead atoms. The zero-order chi connectivity index (χ0) is 26.3. The van der Waals surface area contributed by atoms with E-state index in [1.54, 1.807) is 0 Å². The van der Waals surface area contributed by atoms with E-state index in [0.29, 0.717) is 23.7 Å². The maximum atomic E-state index is 12.3. The zero-order valence-corrected chi connectivity index (χ0v) is 24.6. The summed E-state index contributed by atoms with van der Waals surface area (Å²) in [6.07, 6.45) is 13.3. The van der Waals surface area contributed by atoms with Crippen molar-refractivity contribution in [2.45, 2.75) is 136 Å². The second-order valence-electron chi connectivity index (χ2n) is 14.9. The van der Waals surface area contributed by atoms with E-state index in [9.17, 15) is 10.2 Å². The third-order valence-electron chi connectivity index (χ3n) is 12.9. The highest BCUT2D eigenvalue weighted by atomic mass is 16.3. The van der Waals surface area contributed by atoms with Gasteiger partial charge in [0.1, 0.15) is 0 Å². The van der Waals surface area contributed by atoms with Gasteiger partial charge in [-0.25, -0.2) is 0 Å². The van der Waals surface area contributed by atoms with Crippen LogP contribution in [0.25, 0.3) is 0 Å². The van der Waals surface area contributed by atoms with Crippen molar-refractivity contribution in [1.29, 1.82) is 0 Å². The summed E-state index contributed by atoms with van der Waals surface area (Å²) in [5, 5.41) is 26.8. The van der Waals surface area contributed by atoms with Gasteiger partial charge in [0, 0.05) is 17.9 Å². The molecule has 4 fully saturated rings. The number of aliphatic hydroxyl groups is 2. The first-order chi connectivity index (χ1) is 17.0. The Labute approximate surface area is 223 Å². The summed E-state index contributed by atoms with van der Waals surface area (Å²) in [5.41, 5.74) is 5.31. The molecule has 0 aromatic heterocycles. The van der Waals surface area contributed by atoms with Gasteiger partial charge < -0.3 is 21.3 Å². The summed E-state index contributed by atoms with van der Waals surface area (Å²) in [6.45, 7) is 16.5. The SMILES string of the molecule is CC(C)[C@H](C)CC[C@@H](C)[C@H]1CC[C@H]2[C@@H]3C[C@@H](NCCCCN)[C@@]4(O)C[C@@H](O)CC[C@]4(C)[C@H]3CC[C@]12C. The van der Waals surface area contributed by atoms with Crippen LogP contribution in [-0.4, -0.2) is 41.0 Å². The molecule has 0 aromatic carbocycles. The highest BCUT2D eigenvalue weighted by Gasteiger charge is 2.67. The number of hydrogen-bond donors (Lipinski definition) is 4. The number of hydrogen-bond acceptors (Lipinski definition) is 4. The van der Waals surface area contributed by atoms with Gasteiger partial charge in [-0.15, -0.1) is 0 Å². The molecule has 210 valence electrons. The third kappa shape index (κ3) is 4.95. The Bertz CT molecular complexity index is 729. The number of fused-ring (bicyclic) bond motifs is 5. The van der Waals surface area contributed by atoms with Gasteiger partial charge in [0.05, 0.1) is 11.7 Å². The molecule has 0 heterocycles. The van der Waals surface area contributed by atoms with E-state index >= 15 is 0 Å². The highest BCUT2D eigenvalue weighted by Crippen LogP contribution is 2.69. The van der Waals surface area contributed by atoms with E-state index in [1.165, 1.54) is 38.5 Å². The predicted octanol–water partition coefficient (Wildman–Crippen LogP) is 6.14. The van der Waals surface area contributed by atoms with Crippen molar-refractivity contribution in [2.24, 2.45) is 58.0 Å². The Morgan fingerprint density at radius 3 is 2.39 bits per heavy atom. The number of rotatable bonds is 10. The van der Waals surface area contributed by atoms with Crippen molar-refractivity contribution < 1.29 is 10.2 Å². The molecule has 36 heavy (non-hydrogen) atoms. The van der Waals surface area contributed by atoms with Crippen LogP contribution in [0, 0.1) is 52.3 Å². The Morgan fingerprint density at radius 2 is 1.69 bits per heavy atom. The van der Waals surface area contributed by atoms with Gasteiger partial charge in [0.2, 0.25) is 0 Å². The molecule has 0 saturated heterocycles. The summed E-state index contributed by atoms with van der Waals surface area (Å²) in [4.78, 5) is 0. The van der Waals surface area contributed by atoms with Crippen LogP contribution in [0.2, 0.25) is 0 Å². The summed E-state index contributed by atoms with van der Waals surface area (Å²) in [7, 11) is 0. The standard InChI is InChI=1S/C32H60N2O2/c1-21(2)22(3)9-10-23(4)26-11-12-27-25-19-29(34-18-8-7-17-33)32(36)20-24(35)13-16-31(32,6)28(25)14-15-30(26,27)5/h21-29,34-36H,7-20,33H2,1-6H3/t22-,23-,24+,25+,26-,27+,28+,29-,30-,31-,32+/m1/s1. The molecule has 4 aliphatic carbocycles. The van der Waals surface area contributed by atoms with Crippen molar-refractivity contribution in [2.75, 3.05) is 13.1 Å². The summed E-state index contributed by atoms with van der Waals surface area (Å²) in [5.74, 6) is 5.33. The van der Waals surface area contributed by atoms with Gasteiger partial charge in [-0.05, 0) is 118 Å². The van der Waals surface area contributed by atoms with Crippen LogP contribution < -0.4 is 11.1 Å². The van der Waals surface area contributed by atoms with Crippen LogP contribution in [0.15, 0.2) is 0 Å². The van der Waals surface area contributed by atoms with Gasteiger partial charge >= 0.3 is 0 Å². The molecule has 4 saturated carbocycles. The number of nitrogens with one attached hydrogen (secondary N) is 1. The quantitative estimate of drug-likeness (QED) is 0.270. The molecule has 0 aliphatic heterocycles. The molecule has 4 aliphatic rings. The molecule has 11 atom stereocenters. The normalized spacial score (nSPS) is 46.2. The molecule has 4 rings (SSSR count). The lowest BCUT2D eigenvalue weighted by molar-refractivity contribution is -0.234. The third-order valence-corrected chi connectivity index (χ3v) is 12.9. The smallest absolute Gasteiger partial charge is 0.0880 e. The average Bonchev–Trinajstić information content (AvgIpc) is 3.18. The van der Waals surface area contributed by atoms with Crippen LogP contribution >= 0.6 is 0 Å². The van der Waals surface area contributed by atoms with Crippen molar-refractivity contribution in [1.82, 2.24) is 5.32 Å². The van der Waals surface area contributed by atoms with Crippen LogP contribution in [0.5, 0.6) is 0 Å². The monoisotopic (exact) mass is 504 g/mol. The minimum atomic E-state index is -0.805. The summed E-state index contributed by atoms with van der Waals surface area (Å²) in [6, 6.07) is 0.0854. The van der Waals surface area contributed by atoms with Crippen LogP contribution in [0.4, 0.5) is 0 Å². The maximum Gasteiger partial charge on any atom is 0.0880 e. The second kappa shape index (κ2) is 11.1. The first-order valence-corrected chi connectivity index (χ1v) is 15.8. The predicted molar refractivity (Wildman–Crippen MR) is 151 cm³/mol. The minimum Gasteiger partial charge on any atom is -0.393 e. The molecular formula is C32H60N2O2. The highest BCUT2D eigenvalue weighted by molar-refractivity contribution is 5.18. The van der Waals surface area contributed by atoms with E-state index in [-0.39, 0.29) is 17.6 Å². The van der Waals surface area contributed by atoms with Crippen molar-refractivity contribution in [3.8, 4) is 0 Å². The van der Waals surface area contributed by atoms with Gasteiger partial charge in [0.15, 0.2) is 0 Å². The fraction of sp³-hybridized carbons (Fsp3) is 1.00. The van der Waals surface area contributed by atoms with Crippen LogP contribution in [-0.2, 0) is 0 Å². The van der Waals surface area contributed by atoms with Gasteiger partial charge in [-0.2, -0.15) is 0 Å². The number of aliphatic hydroxyl groups excluding tert-OH is 1. The van der Waals surface area contributed by atoms with Gasteiger partial charge in [0.25, 0.3) is 0 Å². The first kappa shape index (κ1) is 28.8. The Kier molecular flexibility index (Phi) is 8.93. The van der Waals surface area contributed by atoms with Gasteiger partial charge in [-0.1, -0.05) is 54.4 Å². The van der Waals surface area contributed by atoms with Crippen LogP contribution in [0.1, 0.15) is 119 Å². The van der Waals surface area contributed by atoms with E-state index in [2.05, 4.69) is 46.9 Å². The van der Waals surface area contributed by atoms with E-state index < -0.39 is 5.60 Å². The van der Waals surface area contributed by atoms with Crippen molar-refractivity contribution >= 4 is 0 Å². The molecule has 0 unspecified atom stereocenters. The second-order valence-corrected chi connectivity index (χ2v) is 14.9. The fourth-order valence-electron chi connectivity index (χ4n) is 10.1. The molecule has 0 spiro atoms. The van der Waals surface area contributed by atoms with E-state index in [4.69, 9.17) is 5.73 Å². The molecule has 4 heteroatoms. The Hall–Kier alpha value is -0.160. The lowest BCUT2D eigenvalue weighted by Crippen LogP contribution is -2.71. The fourth-order valence-corrected chi connectivity index (χ4v) is 10.1. The molecule has 0 aromatic rings. The largest absolute Gasteiger partial charge is 0.393 e. The summed E-state index contributed by atoms with van der Waals surface area (Å²) < 4.78 is 0. The topological polar surface area (TPSA) is 78.5 Å². The van der Waals surface area contributed by atoms with Crippen molar-refractivity contribution in [3.05, 3.63) is 0 Å². The number of nitrogens with two attached hydrogens (primary N) is 1. The van der Waals surface area contributed by atoms with Gasteiger partial charge in [-0.3, -0.25) is 0 Å². The molecular weight excluding hydrogens is 444 g/mol. The average molecular weight is 505 g/mol. The first-order valence-electron chi connectivity index (χ1n) is 15.8. The van der Waals surface area contributed by atoms with E-state index in [0.717, 1.165) is 74.8 Å². The number of unbranched alkanes of at least 4 members (excludes halogenated alkanes) is 1. The van der Waals surface area contributed by atoms with E-state index in [1.807, 2.05) is 0 Å². The molecule has 4 nitrogen and oxygen atoms in total. The minimum absolute atomic E-state index is 0.0854. The molecule has 5 N–H and O–H groups in total. The maximum absolute atomic E-state index is 12.3. The van der Waals surface area contributed by atoms with Crippen molar-refractivity contribution in [3.63, 3.8) is 0 Å². The Morgan fingerprint density at radius 1 is 0.944 bits per heavy atom. The summed E-state index contributed by atoms with van der Waals surface area (Å²) >= 11 is 0. The lowest BCUT2D eigenvalue weighted by atomic mass is 9.42.